The lowest BCUT2D eigenvalue weighted by Crippen LogP contribution is -2.25. The van der Waals surface area contributed by atoms with Crippen LogP contribution in [0.25, 0.3) is 0 Å². The number of imidazole rings is 1. The molecule has 0 atom stereocenters. The summed E-state index contributed by atoms with van der Waals surface area (Å²) in [5.41, 5.74) is 0.101. The van der Waals surface area contributed by atoms with Gasteiger partial charge >= 0.3 is 5.97 Å². The summed E-state index contributed by atoms with van der Waals surface area (Å²) in [6.45, 7) is 0.157. The third-order valence-corrected chi connectivity index (χ3v) is 2.50. The Kier molecular flexibility index (Phi) is 4.43. The molecule has 3 N–H and O–H groups in total. The standard InChI is InChI=1S/C11H14N6O3/c18-10(19)7-17-6-8(15-16-17)11(20)14-3-1-2-9-12-4-5-13-9/h4-6H,1-3,7H2,(H,12,13)(H,14,20)(H,18,19). The highest BCUT2D eigenvalue weighted by atomic mass is 16.4. The maximum atomic E-state index is 11.7. The number of carboxylic acids is 1. The van der Waals surface area contributed by atoms with E-state index in [1.54, 1.807) is 12.4 Å². The van der Waals surface area contributed by atoms with Crippen molar-refractivity contribution in [3.05, 3.63) is 30.1 Å². The van der Waals surface area contributed by atoms with E-state index in [1.165, 1.54) is 6.20 Å². The van der Waals surface area contributed by atoms with Gasteiger partial charge in [0.2, 0.25) is 0 Å². The third kappa shape index (κ3) is 3.90. The number of carbonyl (C=O) groups is 2. The third-order valence-electron chi connectivity index (χ3n) is 2.50. The number of H-pyrrole nitrogens is 1. The zero-order valence-corrected chi connectivity index (χ0v) is 10.6. The molecule has 0 bridgehead atoms. The summed E-state index contributed by atoms with van der Waals surface area (Å²) in [5, 5.41) is 18.4. The summed E-state index contributed by atoms with van der Waals surface area (Å²) in [5.74, 6) is -0.548. The molecule has 20 heavy (non-hydrogen) atoms. The van der Waals surface area contributed by atoms with Crippen molar-refractivity contribution in [2.45, 2.75) is 19.4 Å². The van der Waals surface area contributed by atoms with E-state index in [0.717, 1.165) is 23.3 Å². The number of hydrogen-bond donors (Lipinski definition) is 3. The summed E-state index contributed by atoms with van der Waals surface area (Å²) >= 11 is 0. The fourth-order valence-corrected chi connectivity index (χ4v) is 1.60. The van der Waals surface area contributed by atoms with Crippen molar-refractivity contribution in [1.82, 2.24) is 30.3 Å². The second-order valence-electron chi connectivity index (χ2n) is 4.09. The number of nitrogens with one attached hydrogen (secondary N) is 2. The van der Waals surface area contributed by atoms with E-state index in [0.29, 0.717) is 6.54 Å². The summed E-state index contributed by atoms with van der Waals surface area (Å²) < 4.78 is 1.10. The molecule has 2 rings (SSSR count). The van der Waals surface area contributed by atoms with Crippen LogP contribution in [0.3, 0.4) is 0 Å². The van der Waals surface area contributed by atoms with Crippen LogP contribution in [0.2, 0.25) is 0 Å². The number of amides is 1. The molecule has 0 unspecified atom stereocenters. The van der Waals surface area contributed by atoms with Gasteiger partial charge in [0.1, 0.15) is 12.4 Å². The number of nitrogens with zero attached hydrogens (tertiary/aromatic N) is 4. The Morgan fingerprint density at radius 3 is 3.00 bits per heavy atom. The van der Waals surface area contributed by atoms with Crippen LogP contribution < -0.4 is 5.32 Å². The second-order valence-corrected chi connectivity index (χ2v) is 4.09. The van der Waals surface area contributed by atoms with Crippen LogP contribution in [0.4, 0.5) is 0 Å². The number of aromatic nitrogens is 5. The minimum atomic E-state index is -1.04. The molecule has 0 aromatic carbocycles. The molecule has 0 radical (unpaired) electrons. The number of rotatable bonds is 7. The van der Waals surface area contributed by atoms with E-state index in [-0.39, 0.29) is 18.1 Å². The van der Waals surface area contributed by atoms with Gasteiger partial charge in [-0.3, -0.25) is 9.59 Å². The fraction of sp³-hybridized carbons (Fsp3) is 0.364. The lowest BCUT2D eigenvalue weighted by Gasteiger charge is -2.01. The Labute approximate surface area is 114 Å². The highest BCUT2D eigenvalue weighted by molar-refractivity contribution is 5.91. The van der Waals surface area contributed by atoms with E-state index >= 15 is 0 Å². The van der Waals surface area contributed by atoms with Gasteiger partial charge in [0.25, 0.3) is 5.91 Å². The van der Waals surface area contributed by atoms with Gasteiger partial charge in [0.05, 0.1) is 6.20 Å². The quantitative estimate of drug-likeness (QED) is 0.583. The van der Waals surface area contributed by atoms with Crippen LogP contribution in [0.1, 0.15) is 22.7 Å². The highest BCUT2D eigenvalue weighted by Crippen LogP contribution is 1.96. The van der Waals surface area contributed by atoms with E-state index in [4.69, 9.17) is 5.11 Å². The molecular weight excluding hydrogens is 264 g/mol. The Balaban J connectivity index is 1.74. The van der Waals surface area contributed by atoms with Gasteiger partial charge in [-0.05, 0) is 6.42 Å². The van der Waals surface area contributed by atoms with Crippen molar-refractivity contribution in [2.24, 2.45) is 0 Å². The Bertz CT molecular complexity index is 577. The smallest absolute Gasteiger partial charge is 0.325 e. The summed E-state index contributed by atoms with van der Waals surface area (Å²) in [6.07, 6.45) is 6.20. The van der Waals surface area contributed by atoms with Gasteiger partial charge < -0.3 is 15.4 Å². The summed E-state index contributed by atoms with van der Waals surface area (Å²) in [4.78, 5) is 29.2. The van der Waals surface area contributed by atoms with Crippen LogP contribution in [0, 0.1) is 0 Å². The maximum absolute atomic E-state index is 11.7. The predicted molar refractivity (Wildman–Crippen MR) is 66.9 cm³/mol. The average Bonchev–Trinajstić information content (AvgIpc) is 3.04. The minimum absolute atomic E-state index is 0.101. The number of carboxylic acid groups (broad SMARTS) is 1. The lowest BCUT2D eigenvalue weighted by atomic mass is 10.3. The summed E-state index contributed by atoms with van der Waals surface area (Å²) in [7, 11) is 0. The molecule has 0 saturated carbocycles. The van der Waals surface area contributed by atoms with Gasteiger partial charge in [-0.2, -0.15) is 0 Å². The molecule has 0 spiro atoms. The SMILES string of the molecule is O=C(O)Cn1cc(C(=O)NCCCc2ncc[nH]2)nn1. The molecule has 2 heterocycles. The number of aryl methyl sites for hydroxylation is 1. The molecule has 2 aromatic heterocycles. The molecule has 1 amide bonds. The van der Waals surface area contributed by atoms with E-state index in [9.17, 15) is 9.59 Å². The first-order chi connectivity index (χ1) is 9.65. The van der Waals surface area contributed by atoms with Crippen molar-refractivity contribution in [2.75, 3.05) is 6.54 Å². The van der Waals surface area contributed by atoms with Crippen LogP contribution in [0.15, 0.2) is 18.6 Å². The normalized spacial score (nSPS) is 10.4. The summed E-state index contributed by atoms with van der Waals surface area (Å²) in [6, 6.07) is 0. The molecular formula is C11H14N6O3. The second kappa shape index (κ2) is 6.45. The fourth-order valence-electron chi connectivity index (χ4n) is 1.60. The first-order valence-corrected chi connectivity index (χ1v) is 6.03. The first-order valence-electron chi connectivity index (χ1n) is 6.03. The molecule has 0 aliphatic rings. The van der Waals surface area contributed by atoms with Crippen molar-refractivity contribution >= 4 is 11.9 Å². The largest absolute Gasteiger partial charge is 0.480 e. The number of aromatic amines is 1. The van der Waals surface area contributed by atoms with Gasteiger partial charge in [-0.1, -0.05) is 5.21 Å². The number of hydrogen-bond acceptors (Lipinski definition) is 5. The number of carbonyl (C=O) groups excluding carboxylic acids is 1. The maximum Gasteiger partial charge on any atom is 0.325 e. The van der Waals surface area contributed by atoms with Gasteiger partial charge in [0, 0.05) is 25.4 Å². The Morgan fingerprint density at radius 1 is 1.45 bits per heavy atom. The Morgan fingerprint density at radius 2 is 2.30 bits per heavy atom. The van der Waals surface area contributed by atoms with Crippen molar-refractivity contribution in [3.63, 3.8) is 0 Å². The topological polar surface area (TPSA) is 126 Å². The van der Waals surface area contributed by atoms with Crippen molar-refractivity contribution < 1.29 is 14.7 Å². The average molecular weight is 278 g/mol. The van der Waals surface area contributed by atoms with Crippen molar-refractivity contribution in [1.29, 1.82) is 0 Å². The highest BCUT2D eigenvalue weighted by Gasteiger charge is 2.11. The molecule has 0 aliphatic heterocycles. The molecule has 9 heteroatoms. The predicted octanol–water partition coefficient (Wildman–Crippen LogP) is -0.552. The molecule has 0 fully saturated rings. The van der Waals surface area contributed by atoms with Gasteiger partial charge in [-0.25, -0.2) is 9.67 Å². The molecule has 9 nitrogen and oxygen atoms in total. The minimum Gasteiger partial charge on any atom is -0.480 e. The van der Waals surface area contributed by atoms with Crippen molar-refractivity contribution in [3.8, 4) is 0 Å². The monoisotopic (exact) mass is 278 g/mol. The van der Waals surface area contributed by atoms with Crippen LogP contribution in [-0.4, -0.2) is 48.5 Å². The zero-order chi connectivity index (χ0) is 14.4. The molecule has 0 saturated heterocycles. The van der Waals surface area contributed by atoms with E-state index in [2.05, 4.69) is 25.6 Å². The molecule has 0 aliphatic carbocycles. The van der Waals surface area contributed by atoms with E-state index < -0.39 is 5.97 Å². The van der Waals surface area contributed by atoms with E-state index in [1.807, 2.05) is 0 Å². The van der Waals surface area contributed by atoms with Crippen LogP contribution >= 0.6 is 0 Å². The van der Waals surface area contributed by atoms with Crippen LogP contribution in [0.5, 0.6) is 0 Å². The van der Waals surface area contributed by atoms with Crippen LogP contribution in [-0.2, 0) is 17.8 Å². The number of aliphatic carboxylic acids is 1. The lowest BCUT2D eigenvalue weighted by molar-refractivity contribution is -0.137. The molecule has 106 valence electrons. The first kappa shape index (κ1) is 13.7. The zero-order valence-electron chi connectivity index (χ0n) is 10.6. The van der Waals surface area contributed by atoms with Gasteiger partial charge in [0.15, 0.2) is 5.69 Å². The Hall–Kier alpha value is -2.71. The molecule has 2 aromatic rings. The van der Waals surface area contributed by atoms with Gasteiger partial charge in [-0.15, -0.1) is 5.10 Å².